The molecule has 0 saturated carbocycles. The van der Waals surface area contributed by atoms with E-state index in [9.17, 15) is 4.79 Å². The molecule has 6 heteroatoms. The van der Waals surface area contributed by atoms with Crippen LogP contribution < -0.4 is 15.0 Å². The third-order valence-corrected chi connectivity index (χ3v) is 3.76. The molecule has 0 spiro atoms. The molecule has 0 radical (unpaired) electrons. The second kappa shape index (κ2) is 8.62. The van der Waals surface area contributed by atoms with Crippen molar-refractivity contribution in [1.82, 2.24) is 9.97 Å². The Bertz CT molecular complexity index is 668. The number of nitrogens with zero attached hydrogens (tertiary/aromatic N) is 1. The summed E-state index contributed by atoms with van der Waals surface area (Å²) in [4.78, 5) is 18.6. The number of aromatic amines is 1. The van der Waals surface area contributed by atoms with Crippen LogP contribution in [-0.4, -0.2) is 28.4 Å². The Hall–Kier alpha value is -1.95. The Labute approximate surface area is 140 Å². The minimum Gasteiger partial charge on any atom is -0.493 e. The van der Waals surface area contributed by atoms with Gasteiger partial charge >= 0.3 is 0 Å². The number of rotatable bonds is 8. The number of ether oxygens (including phenoxy) is 2. The number of hydrogen-bond acceptors (Lipinski definition) is 5. The molecule has 1 aromatic heterocycles. The van der Waals surface area contributed by atoms with Crippen molar-refractivity contribution in [1.29, 1.82) is 0 Å². The van der Waals surface area contributed by atoms with Gasteiger partial charge in [0.05, 0.1) is 12.7 Å². The fraction of sp³-hybridized carbons (Fsp3) is 0.412. The normalized spacial score (nSPS) is 10.8. The van der Waals surface area contributed by atoms with Gasteiger partial charge in [0.2, 0.25) is 0 Å². The van der Waals surface area contributed by atoms with Crippen LogP contribution in [0.3, 0.4) is 0 Å². The second-order valence-corrected chi connectivity index (χ2v) is 6.31. The predicted molar refractivity (Wildman–Crippen MR) is 92.7 cm³/mol. The summed E-state index contributed by atoms with van der Waals surface area (Å²) in [5.41, 5.74) is 0.693. The van der Waals surface area contributed by atoms with Gasteiger partial charge in [0, 0.05) is 17.5 Å². The van der Waals surface area contributed by atoms with E-state index in [1.807, 2.05) is 45.0 Å². The summed E-state index contributed by atoms with van der Waals surface area (Å²) in [5.74, 6) is 2.34. The third kappa shape index (κ3) is 5.98. The highest BCUT2D eigenvalue weighted by molar-refractivity contribution is 7.99. The van der Waals surface area contributed by atoms with E-state index < -0.39 is 0 Å². The molecule has 124 valence electrons. The Kier molecular flexibility index (Phi) is 6.52. The predicted octanol–water partition coefficient (Wildman–Crippen LogP) is 3.29. The molecule has 0 aliphatic heterocycles. The first-order valence-corrected chi connectivity index (χ1v) is 8.68. The summed E-state index contributed by atoms with van der Waals surface area (Å²) in [7, 11) is 0. The lowest BCUT2D eigenvalue weighted by atomic mass is 10.3. The van der Waals surface area contributed by atoms with Gasteiger partial charge in [-0.3, -0.25) is 4.79 Å². The number of aromatic nitrogens is 2. The zero-order valence-electron chi connectivity index (χ0n) is 13.7. The van der Waals surface area contributed by atoms with Crippen molar-refractivity contribution < 1.29 is 9.47 Å². The van der Waals surface area contributed by atoms with Crippen molar-refractivity contribution in [2.24, 2.45) is 0 Å². The first-order chi connectivity index (χ1) is 11.1. The molecule has 0 amide bonds. The average molecular weight is 334 g/mol. The molecule has 0 fully saturated rings. The van der Waals surface area contributed by atoms with E-state index >= 15 is 0 Å². The van der Waals surface area contributed by atoms with Crippen molar-refractivity contribution in [3.63, 3.8) is 0 Å². The van der Waals surface area contributed by atoms with E-state index in [0.29, 0.717) is 17.5 Å². The standard InChI is InChI=1S/C17H22N2O3S/c1-4-13-11-16(20)19-17(18-13)23-10-9-21-14-5-7-15(8-6-14)22-12(2)3/h5-8,11-12H,4,9-10H2,1-3H3,(H,18,19,20). The number of benzene rings is 1. The maximum absolute atomic E-state index is 11.5. The Balaban J connectivity index is 1.79. The minimum atomic E-state index is -0.110. The van der Waals surface area contributed by atoms with E-state index in [0.717, 1.165) is 23.6 Å². The lowest BCUT2D eigenvalue weighted by molar-refractivity contribution is 0.242. The zero-order valence-corrected chi connectivity index (χ0v) is 14.5. The highest BCUT2D eigenvalue weighted by Crippen LogP contribution is 2.19. The molecule has 0 atom stereocenters. The highest BCUT2D eigenvalue weighted by Gasteiger charge is 2.02. The van der Waals surface area contributed by atoms with Gasteiger partial charge in [-0.2, -0.15) is 0 Å². The van der Waals surface area contributed by atoms with Crippen LogP contribution in [0.25, 0.3) is 0 Å². The molecule has 5 nitrogen and oxygen atoms in total. The lowest BCUT2D eigenvalue weighted by Gasteiger charge is -2.10. The minimum absolute atomic E-state index is 0.110. The van der Waals surface area contributed by atoms with E-state index in [2.05, 4.69) is 9.97 Å². The van der Waals surface area contributed by atoms with Crippen LogP contribution in [0.2, 0.25) is 0 Å². The van der Waals surface area contributed by atoms with E-state index in [1.165, 1.54) is 17.8 Å². The smallest absolute Gasteiger partial charge is 0.251 e. The first kappa shape index (κ1) is 17.4. The summed E-state index contributed by atoms with van der Waals surface area (Å²) in [5, 5.41) is 0.638. The summed E-state index contributed by atoms with van der Waals surface area (Å²) in [6.45, 7) is 6.50. The summed E-state index contributed by atoms with van der Waals surface area (Å²) in [6, 6.07) is 9.10. The maximum atomic E-state index is 11.5. The molecule has 1 N–H and O–H groups in total. The van der Waals surface area contributed by atoms with Crippen LogP contribution in [0.5, 0.6) is 11.5 Å². The van der Waals surface area contributed by atoms with Gasteiger partial charge in [0.1, 0.15) is 11.5 Å². The van der Waals surface area contributed by atoms with Crippen LogP contribution in [-0.2, 0) is 6.42 Å². The molecule has 0 unspecified atom stereocenters. The summed E-state index contributed by atoms with van der Waals surface area (Å²) < 4.78 is 11.3. The number of H-pyrrole nitrogens is 1. The second-order valence-electron chi connectivity index (χ2n) is 5.23. The number of thioether (sulfide) groups is 1. The Morgan fingerprint density at radius 1 is 1.22 bits per heavy atom. The average Bonchev–Trinajstić information content (AvgIpc) is 2.52. The van der Waals surface area contributed by atoms with Crippen molar-refractivity contribution >= 4 is 11.8 Å². The lowest BCUT2D eigenvalue weighted by Crippen LogP contribution is -2.10. The van der Waals surface area contributed by atoms with Crippen LogP contribution in [0.4, 0.5) is 0 Å². The summed E-state index contributed by atoms with van der Waals surface area (Å²) >= 11 is 1.48. The van der Waals surface area contributed by atoms with Crippen molar-refractivity contribution in [2.45, 2.75) is 38.5 Å². The highest BCUT2D eigenvalue weighted by atomic mass is 32.2. The van der Waals surface area contributed by atoms with Gasteiger partial charge in [0.15, 0.2) is 5.16 Å². The maximum Gasteiger partial charge on any atom is 0.251 e. The molecular weight excluding hydrogens is 312 g/mol. The van der Waals surface area contributed by atoms with Gasteiger partial charge in [-0.1, -0.05) is 18.7 Å². The number of aryl methyl sites for hydroxylation is 1. The van der Waals surface area contributed by atoms with Gasteiger partial charge in [-0.05, 0) is 44.5 Å². The molecule has 2 aromatic rings. The quantitative estimate of drug-likeness (QED) is 0.456. The van der Waals surface area contributed by atoms with Gasteiger partial charge in [-0.15, -0.1) is 0 Å². The van der Waals surface area contributed by atoms with Crippen LogP contribution >= 0.6 is 11.8 Å². The monoisotopic (exact) mass is 334 g/mol. The van der Waals surface area contributed by atoms with Crippen molar-refractivity contribution in [2.75, 3.05) is 12.4 Å². The van der Waals surface area contributed by atoms with Gasteiger partial charge in [-0.25, -0.2) is 4.98 Å². The van der Waals surface area contributed by atoms with Crippen molar-refractivity contribution in [3.8, 4) is 11.5 Å². The first-order valence-electron chi connectivity index (χ1n) is 7.69. The fourth-order valence-corrected chi connectivity index (χ4v) is 2.63. The molecule has 2 rings (SSSR count). The molecule has 0 bridgehead atoms. The van der Waals surface area contributed by atoms with E-state index in [1.54, 1.807) is 0 Å². The Morgan fingerprint density at radius 2 is 1.91 bits per heavy atom. The topological polar surface area (TPSA) is 64.2 Å². The Morgan fingerprint density at radius 3 is 2.57 bits per heavy atom. The van der Waals surface area contributed by atoms with Crippen LogP contribution in [0.1, 0.15) is 26.5 Å². The molecule has 1 heterocycles. The molecule has 0 aliphatic carbocycles. The number of nitrogens with one attached hydrogen (secondary N) is 1. The third-order valence-electron chi connectivity index (χ3n) is 2.92. The summed E-state index contributed by atoms with van der Waals surface area (Å²) in [6.07, 6.45) is 0.908. The fourth-order valence-electron chi connectivity index (χ4n) is 1.92. The SMILES string of the molecule is CCc1cc(=O)[nH]c(SCCOc2ccc(OC(C)C)cc2)n1. The van der Waals surface area contributed by atoms with Crippen LogP contribution in [0.15, 0.2) is 40.3 Å². The number of hydrogen-bond donors (Lipinski definition) is 1. The van der Waals surface area contributed by atoms with E-state index in [-0.39, 0.29) is 11.7 Å². The zero-order chi connectivity index (χ0) is 16.7. The molecule has 0 aliphatic rings. The molecular formula is C17H22N2O3S. The van der Waals surface area contributed by atoms with Gasteiger partial charge < -0.3 is 14.5 Å². The molecule has 23 heavy (non-hydrogen) atoms. The van der Waals surface area contributed by atoms with Gasteiger partial charge in [0.25, 0.3) is 5.56 Å². The molecule has 0 saturated heterocycles. The van der Waals surface area contributed by atoms with Crippen LogP contribution in [0, 0.1) is 0 Å². The largest absolute Gasteiger partial charge is 0.493 e. The van der Waals surface area contributed by atoms with Crippen molar-refractivity contribution in [3.05, 3.63) is 46.4 Å². The molecule has 1 aromatic carbocycles. The van der Waals surface area contributed by atoms with E-state index in [4.69, 9.17) is 9.47 Å².